The standard InChI is InChI=1S/C23H24N6O2S/c1-32(30,31)28-10-8-27(9-11-28)21-13-19(4-7-25-21)29-20-12-18(3-2-17(20)14-26-29)23(16-24)15-22(23)5-6-22/h2-4,7,12-14H,5-6,8-11,15H2,1H3/t23-/m1/s1. The number of nitrogens with zero attached hydrogens (tertiary/aromatic N) is 6. The number of nitriles is 1. The average Bonchev–Trinajstić information content (AvgIpc) is 3.68. The molecule has 2 aliphatic carbocycles. The fourth-order valence-corrected chi connectivity index (χ4v) is 6.13. The summed E-state index contributed by atoms with van der Waals surface area (Å²) in [7, 11) is -3.17. The molecular weight excluding hydrogens is 424 g/mol. The largest absolute Gasteiger partial charge is 0.354 e. The first kappa shape index (κ1) is 19.7. The highest BCUT2D eigenvalue weighted by molar-refractivity contribution is 7.88. The van der Waals surface area contributed by atoms with E-state index in [2.05, 4.69) is 39.3 Å². The molecule has 6 rings (SSSR count). The Morgan fingerprint density at radius 1 is 1.09 bits per heavy atom. The second-order valence-corrected chi connectivity index (χ2v) is 11.3. The Morgan fingerprint density at radius 3 is 2.53 bits per heavy atom. The highest BCUT2D eigenvalue weighted by Crippen LogP contribution is 2.78. The third-order valence-corrected chi connectivity index (χ3v) is 8.80. The third-order valence-electron chi connectivity index (χ3n) is 7.50. The Balaban J connectivity index is 1.32. The number of rotatable bonds is 4. The van der Waals surface area contributed by atoms with E-state index < -0.39 is 10.0 Å². The summed E-state index contributed by atoms with van der Waals surface area (Å²) in [6.07, 6.45) is 8.14. The van der Waals surface area contributed by atoms with Crippen LogP contribution >= 0.6 is 0 Å². The minimum Gasteiger partial charge on any atom is -0.354 e. The zero-order chi connectivity index (χ0) is 22.1. The first-order valence-corrected chi connectivity index (χ1v) is 12.8. The van der Waals surface area contributed by atoms with Crippen LogP contribution in [0.4, 0.5) is 5.82 Å². The normalized spacial score (nSPS) is 24.6. The van der Waals surface area contributed by atoms with Gasteiger partial charge >= 0.3 is 0 Å². The van der Waals surface area contributed by atoms with Crippen LogP contribution in [0, 0.1) is 16.7 Å². The van der Waals surface area contributed by atoms with E-state index in [9.17, 15) is 13.7 Å². The topological polar surface area (TPSA) is 95.1 Å². The minimum absolute atomic E-state index is 0.220. The number of benzene rings is 1. The van der Waals surface area contributed by atoms with Crippen molar-refractivity contribution in [1.82, 2.24) is 19.1 Å². The number of hydrogen-bond donors (Lipinski definition) is 0. The van der Waals surface area contributed by atoms with Crippen LogP contribution < -0.4 is 4.90 Å². The Hall–Kier alpha value is -2.96. The molecule has 164 valence electrons. The highest BCUT2D eigenvalue weighted by Gasteiger charge is 2.75. The summed E-state index contributed by atoms with van der Waals surface area (Å²) in [6.45, 7) is 2.11. The van der Waals surface area contributed by atoms with Gasteiger partial charge in [0, 0.05) is 43.8 Å². The van der Waals surface area contributed by atoms with E-state index in [-0.39, 0.29) is 10.8 Å². The van der Waals surface area contributed by atoms with Gasteiger partial charge in [-0.1, -0.05) is 12.1 Å². The summed E-state index contributed by atoms with van der Waals surface area (Å²) in [5.74, 6) is 0.808. The third kappa shape index (κ3) is 2.86. The second-order valence-electron chi connectivity index (χ2n) is 9.33. The summed E-state index contributed by atoms with van der Waals surface area (Å²) in [5, 5.41) is 15.6. The predicted molar refractivity (Wildman–Crippen MR) is 121 cm³/mol. The fraction of sp³-hybridized carbons (Fsp3) is 0.435. The van der Waals surface area contributed by atoms with Crippen molar-refractivity contribution >= 4 is 26.7 Å². The molecular formula is C23H24N6O2S. The summed E-state index contributed by atoms with van der Waals surface area (Å²) in [5.41, 5.74) is 2.87. The number of fused-ring (bicyclic) bond motifs is 1. The van der Waals surface area contributed by atoms with Crippen molar-refractivity contribution in [2.24, 2.45) is 5.41 Å². The van der Waals surface area contributed by atoms with E-state index >= 15 is 0 Å². The Bertz CT molecular complexity index is 1380. The van der Waals surface area contributed by atoms with Crippen LogP contribution in [0.25, 0.3) is 16.6 Å². The highest BCUT2D eigenvalue weighted by atomic mass is 32.2. The van der Waals surface area contributed by atoms with E-state index in [0.717, 1.165) is 47.2 Å². The van der Waals surface area contributed by atoms with Crippen molar-refractivity contribution < 1.29 is 8.42 Å². The fourth-order valence-electron chi connectivity index (χ4n) is 5.30. The molecule has 1 aliphatic heterocycles. The lowest BCUT2D eigenvalue weighted by Crippen LogP contribution is -2.48. The Labute approximate surface area is 187 Å². The zero-order valence-electron chi connectivity index (χ0n) is 17.9. The number of anilines is 1. The average molecular weight is 449 g/mol. The molecule has 0 amide bonds. The maximum Gasteiger partial charge on any atom is 0.211 e. The molecule has 1 saturated heterocycles. The van der Waals surface area contributed by atoms with E-state index in [4.69, 9.17) is 0 Å². The van der Waals surface area contributed by atoms with Crippen molar-refractivity contribution in [2.75, 3.05) is 37.3 Å². The van der Waals surface area contributed by atoms with Gasteiger partial charge in [-0.2, -0.15) is 14.7 Å². The summed E-state index contributed by atoms with van der Waals surface area (Å²) in [4.78, 5) is 6.63. The van der Waals surface area contributed by atoms with Crippen LogP contribution in [0.3, 0.4) is 0 Å². The van der Waals surface area contributed by atoms with E-state index in [0.29, 0.717) is 26.2 Å². The van der Waals surface area contributed by atoms with Gasteiger partial charge in [-0.15, -0.1) is 0 Å². The zero-order valence-corrected chi connectivity index (χ0v) is 18.7. The molecule has 3 fully saturated rings. The molecule has 1 atom stereocenters. The molecule has 3 aromatic rings. The maximum absolute atomic E-state index is 11.8. The number of sulfonamides is 1. The first-order chi connectivity index (χ1) is 15.4. The SMILES string of the molecule is CS(=O)(=O)N1CCN(c2cc(-n3ncc4ccc([C@]5(C#N)CC56CC6)cc43)ccn2)CC1. The summed E-state index contributed by atoms with van der Waals surface area (Å²) < 4.78 is 27.0. The van der Waals surface area contributed by atoms with Crippen LogP contribution in [-0.4, -0.2) is 59.9 Å². The molecule has 1 aromatic carbocycles. The van der Waals surface area contributed by atoms with Gasteiger partial charge in [0.2, 0.25) is 10.0 Å². The van der Waals surface area contributed by atoms with Crippen LogP contribution in [0.1, 0.15) is 24.8 Å². The molecule has 1 spiro atoms. The molecule has 0 bridgehead atoms. The molecule has 9 heteroatoms. The Kier molecular flexibility index (Phi) is 4.02. The van der Waals surface area contributed by atoms with E-state index in [1.165, 1.54) is 10.6 Å². The lowest BCUT2D eigenvalue weighted by Gasteiger charge is -2.34. The monoisotopic (exact) mass is 448 g/mol. The van der Waals surface area contributed by atoms with Crippen LogP contribution in [0.5, 0.6) is 0 Å². The van der Waals surface area contributed by atoms with Gasteiger partial charge in [-0.05, 0) is 42.4 Å². The molecule has 0 unspecified atom stereocenters. The van der Waals surface area contributed by atoms with Gasteiger partial charge in [0.15, 0.2) is 0 Å². The quantitative estimate of drug-likeness (QED) is 0.608. The maximum atomic E-state index is 11.8. The van der Waals surface area contributed by atoms with Crippen molar-refractivity contribution in [1.29, 1.82) is 5.26 Å². The Morgan fingerprint density at radius 2 is 1.88 bits per heavy atom. The molecule has 3 heterocycles. The molecule has 0 N–H and O–H groups in total. The van der Waals surface area contributed by atoms with Crippen LogP contribution in [-0.2, 0) is 15.4 Å². The molecule has 2 aromatic heterocycles. The van der Waals surface area contributed by atoms with Crippen molar-refractivity contribution in [3.63, 3.8) is 0 Å². The van der Waals surface area contributed by atoms with E-state index in [1.807, 2.05) is 23.0 Å². The van der Waals surface area contributed by atoms with Crippen molar-refractivity contribution in [3.05, 3.63) is 48.3 Å². The molecule has 3 aliphatic rings. The van der Waals surface area contributed by atoms with Gasteiger partial charge in [0.05, 0.1) is 35.1 Å². The van der Waals surface area contributed by atoms with Crippen molar-refractivity contribution in [2.45, 2.75) is 24.7 Å². The second kappa shape index (κ2) is 6.53. The van der Waals surface area contributed by atoms with E-state index in [1.54, 1.807) is 6.20 Å². The lowest BCUT2D eigenvalue weighted by atomic mass is 9.93. The van der Waals surface area contributed by atoms with Gasteiger partial charge < -0.3 is 4.90 Å². The lowest BCUT2D eigenvalue weighted by molar-refractivity contribution is 0.387. The molecule has 0 radical (unpaired) electrons. The van der Waals surface area contributed by atoms with Gasteiger partial charge in [-0.25, -0.2) is 18.1 Å². The molecule has 32 heavy (non-hydrogen) atoms. The smallest absolute Gasteiger partial charge is 0.211 e. The first-order valence-electron chi connectivity index (χ1n) is 10.9. The summed E-state index contributed by atoms with van der Waals surface area (Å²) in [6, 6.07) is 12.8. The van der Waals surface area contributed by atoms with Gasteiger partial charge in [0.1, 0.15) is 5.82 Å². The van der Waals surface area contributed by atoms with Gasteiger partial charge in [-0.3, -0.25) is 0 Å². The number of aromatic nitrogens is 3. The summed E-state index contributed by atoms with van der Waals surface area (Å²) >= 11 is 0. The van der Waals surface area contributed by atoms with Gasteiger partial charge in [0.25, 0.3) is 0 Å². The number of piperazine rings is 1. The number of hydrogen-bond acceptors (Lipinski definition) is 6. The van der Waals surface area contributed by atoms with Crippen molar-refractivity contribution in [3.8, 4) is 11.8 Å². The molecule has 2 saturated carbocycles. The minimum atomic E-state index is -3.17. The van der Waals surface area contributed by atoms with Crippen LogP contribution in [0.2, 0.25) is 0 Å². The predicted octanol–water partition coefficient (Wildman–Crippen LogP) is 2.45. The molecule has 8 nitrogen and oxygen atoms in total. The van der Waals surface area contributed by atoms with Crippen LogP contribution in [0.15, 0.2) is 42.7 Å². The number of pyridine rings is 1.